The lowest BCUT2D eigenvalue weighted by Crippen LogP contribution is -2.48. The van der Waals surface area contributed by atoms with Gasteiger partial charge in [-0.3, -0.25) is 9.59 Å². The van der Waals surface area contributed by atoms with Crippen molar-refractivity contribution in [3.63, 3.8) is 0 Å². The average molecular weight is 531 g/mol. The minimum Gasteiger partial charge on any atom is -0.491 e. The normalized spacial score (nSPS) is 14.9. The number of benzene rings is 2. The molecule has 1 aliphatic heterocycles. The Kier molecular flexibility index (Phi) is 8.96. The zero-order valence-corrected chi connectivity index (χ0v) is 21.6. The van der Waals surface area contributed by atoms with Crippen LogP contribution in [0.2, 0.25) is 5.02 Å². The third kappa shape index (κ3) is 6.43. The minimum atomic E-state index is -0.419. The molecule has 0 bridgehead atoms. The van der Waals surface area contributed by atoms with Crippen LogP contribution in [0.15, 0.2) is 60.0 Å². The molecule has 36 heavy (non-hydrogen) atoms. The van der Waals surface area contributed by atoms with Gasteiger partial charge in [-0.2, -0.15) is 0 Å². The Morgan fingerprint density at radius 3 is 2.61 bits per heavy atom. The first-order valence-corrected chi connectivity index (χ1v) is 13.0. The number of fused-ring (bicyclic) bond motifs is 1. The number of hydrogen-bond acceptors (Lipinski definition) is 5. The van der Waals surface area contributed by atoms with Gasteiger partial charge in [0, 0.05) is 42.3 Å². The molecule has 0 aliphatic carbocycles. The first-order chi connectivity index (χ1) is 17.5. The maximum Gasteiger partial charge on any atom is 0.254 e. The second-order valence-corrected chi connectivity index (χ2v) is 9.93. The molecule has 1 atom stereocenters. The van der Waals surface area contributed by atoms with Crippen molar-refractivity contribution >= 4 is 34.8 Å². The Bertz CT molecular complexity index is 1170. The summed E-state index contributed by atoms with van der Waals surface area (Å²) in [6.45, 7) is 1.54. The number of hydrogen-bond donors (Lipinski definition) is 0. The van der Waals surface area contributed by atoms with Crippen LogP contribution in [0.3, 0.4) is 0 Å². The first kappa shape index (κ1) is 26.1. The summed E-state index contributed by atoms with van der Waals surface area (Å²) in [4.78, 5) is 31.3. The van der Waals surface area contributed by atoms with Crippen molar-refractivity contribution in [1.82, 2.24) is 9.80 Å². The molecule has 2 heterocycles. The zero-order valence-electron chi connectivity index (χ0n) is 20.0. The fourth-order valence-corrected chi connectivity index (χ4v) is 5.32. The molecule has 1 aromatic heterocycles. The Balaban J connectivity index is 1.51. The molecule has 0 fully saturated rings. The molecule has 0 saturated heterocycles. The molecule has 0 unspecified atom stereocenters. The minimum absolute atomic E-state index is 0.0865. The van der Waals surface area contributed by atoms with Gasteiger partial charge >= 0.3 is 0 Å². The van der Waals surface area contributed by atoms with Crippen LogP contribution in [0.25, 0.3) is 0 Å². The maximum absolute atomic E-state index is 13.6. The number of ether oxygens (including phenoxy) is 2. The van der Waals surface area contributed by atoms with Crippen LogP contribution in [-0.4, -0.2) is 61.6 Å². The molecule has 2 amide bonds. The fourth-order valence-electron chi connectivity index (χ4n) is 4.26. The highest BCUT2D eigenvalue weighted by atomic mass is 35.5. The molecule has 0 radical (unpaired) electrons. The van der Waals surface area contributed by atoms with E-state index in [1.807, 2.05) is 11.4 Å². The van der Waals surface area contributed by atoms with E-state index in [0.29, 0.717) is 42.5 Å². The van der Waals surface area contributed by atoms with Gasteiger partial charge in [0.1, 0.15) is 24.7 Å². The van der Waals surface area contributed by atoms with Gasteiger partial charge in [0.05, 0.1) is 6.04 Å². The van der Waals surface area contributed by atoms with Crippen molar-refractivity contribution < 1.29 is 23.5 Å². The van der Waals surface area contributed by atoms with E-state index in [1.54, 1.807) is 47.6 Å². The average Bonchev–Trinajstić information content (AvgIpc) is 3.37. The number of thiophene rings is 1. The van der Waals surface area contributed by atoms with E-state index in [-0.39, 0.29) is 31.0 Å². The lowest BCUT2D eigenvalue weighted by Gasteiger charge is -2.37. The summed E-state index contributed by atoms with van der Waals surface area (Å²) in [5.41, 5.74) is 1.41. The predicted octanol–water partition coefficient (Wildman–Crippen LogP) is 5.22. The van der Waals surface area contributed by atoms with E-state index in [4.69, 9.17) is 21.1 Å². The number of carbonyl (C=O) groups is 2. The molecule has 4 rings (SSSR count). The Morgan fingerprint density at radius 1 is 1.14 bits per heavy atom. The molecule has 0 saturated carbocycles. The van der Waals surface area contributed by atoms with E-state index >= 15 is 0 Å². The van der Waals surface area contributed by atoms with E-state index in [0.717, 1.165) is 12.0 Å². The second kappa shape index (κ2) is 12.3. The van der Waals surface area contributed by atoms with Crippen molar-refractivity contribution in [3.8, 4) is 5.75 Å². The SMILES string of the molecule is COCCCN(CC(=O)N1CCc2sccc2[C@H]1COc1ccc(Cl)cc1)C(=O)c1ccc(F)cc1. The summed E-state index contributed by atoms with van der Waals surface area (Å²) in [5.74, 6) is -0.232. The summed E-state index contributed by atoms with van der Waals surface area (Å²) in [6, 6.07) is 14.2. The van der Waals surface area contributed by atoms with Gasteiger partial charge in [-0.1, -0.05) is 11.6 Å². The number of carbonyl (C=O) groups excluding carboxylic acids is 2. The number of halogens is 2. The molecule has 6 nitrogen and oxygen atoms in total. The number of methoxy groups -OCH3 is 1. The fraction of sp³-hybridized carbons (Fsp3) is 0.333. The van der Waals surface area contributed by atoms with Gasteiger partial charge in [-0.15, -0.1) is 11.3 Å². The molecule has 1 aliphatic rings. The van der Waals surface area contributed by atoms with Crippen molar-refractivity contribution in [2.24, 2.45) is 0 Å². The Labute approximate surface area is 219 Å². The maximum atomic E-state index is 13.6. The number of rotatable bonds is 10. The van der Waals surface area contributed by atoms with Gasteiger partial charge in [0.15, 0.2) is 0 Å². The van der Waals surface area contributed by atoms with Crippen LogP contribution in [0.1, 0.15) is 33.3 Å². The summed E-state index contributed by atoms with van der Waals surface area (Å²) < 4.78 is 24.6. The number of nitrogens with zero attached hydrogens (tertiary/aromatic N) is 2. The van der Waals surface area contributed by atoms with Crippen LogP contribution in [0.5, 0.6) is 5.75 Å². The largest absolute Gasteiger partial charge is 0.491 e. The lowest BCUT2D eigenvalue weighted by atomic mass is 10.0. The molecular formula is C27H28ClFN2O4S. The third-order valence-corrected chi connectivity index (χ3v) is 7.37. The van der Waals surface area contributed by atoms with Gasteiger partial charge in [0.2, 0.25) is 5.91 Å². The van der Waals surface area contributed by atoms with E-state index < -0.39 is 5.82 Å². The summed E-state index contributed by atoms with van der Waals surface area (Å²) in [5, 5.41) is 2.65. The highest BCUT2D eigenvalue weighted by Gasteiger charge is 2.33. The summed E-state index contributed by atoms with van der Waals surface area (Å²) >= 11 is 7.66. The van der Waals surface area contributed by atoms with Crippen LogP contribution < -0.4 is 4.74 Å². The molecule has 9 heteroatoms. The van der Waals surface area contributed by atoms with E-state index in [2.05, 4.69) is 0 Å². The van der Waals surface area contributed by atoms with Crippen molar-refractivity contribution in [1.29, 1.82) is 0 Å². The summed E-state index contributed by atoms with van der Waals surface area (Å²) in [7, 11) is 1.59. The zero-order chi connectivity index (χ0) is 25.5. The first-order valence-electron chi connectivity index (χ1n) is 11.7. The molecule has 190 valence electrons. The van der Waals surface area contributed by atoms with Crippen LogP contribution in [-0.2, 0) is 16.0 Å². The smallest absolute Gasteiger partial charge is 0.254 e. The van der Waals surface area contributed by atoms with Gasteiger partial charge < -0.3 is 19.3 Å². The quantitative estimate of drug-likeness (QED) is 0.337. The van der Waals surface area contributed by atoms with Crippen LogP contribution >= 0.6 is 22.9 Å². The van der Waals surface area contributed by atoms with Gasteiger partial charge in [-0.05, 0) is 78.4 Å². The van der Waals surface area contributed by atoms with Gasteiger partial charge in [-0.25, -0.2) is 4.39 Å². The summed E-state index contributed by atoms with van der Waals surface area (Å²) in [6.07, 6.45) is 1.33. The monoisotopic (exact) mass is 530 g/mol. The van der Waals surface area contributed by atoms with E-state index in [9.17, 15) is 14.0 Å². The predicted molar refractivity (Wildman–Crippen MR) is 138 cm³/mol. The standard InChI is InChI=1S/C27H28ClFN2O4S/c1-34-15-2-13-30(27(33)19-3-7-21(29)8-4-19)17-26(32)31-14-11-25-23(12-16-36-25)24(31)18-35-22-9-5-20(28)6-10-22/h3-10,12,16,24H,2,11,13-15,17-18H2,1H3/t24-/m1/s1. The topological polar surface area (TPSA) is 59.1 Å². The number of amides is 2. The molecule has 3 aromatic rings. The van der Waals surface area contributed by atoms with Crippen LogP contribution in [0, 0.1) is 5.82 Å². The van der Waals surface area contributed by atoms with Crippen molar-refractivity contribution in [2.75, 3.05) is 40.0 Å². The molecule has 2 aromatic carbocycles. The van der Waals surface area contributed by atoms with Crippen molar-refractivity contribution in [2.45, 2.75) is 18.9 Å². The molecule has 0 N–H and O–H groups in total. The third-order valence-electron chi connectivity index (χ3n) is 6.12. The van der Waals surface area contributed by atoms with Gasteiger partial charge in [0.25, 0.3) is 5.91 Å². The van der Waals surface area contributed by atoms with Crippen LogP contribution in [0.4, 0.5) is 4.39 Å². The molecule has 0 spiro atoms. The second-order valence-electron chi connectivity index (χ2n) is 8.50. The lowest BCUT2D eigenvalue weighted by molar-refractivity contribution is -0.135. The Morgan fingerprint density at radius 2 is 1.89 bits per heavy atom. The highest BCUT2D eigenvalue weighted by Crippen LogP contribution is 2.34. The Hall–Kier alpha value is -2.94. The highest BCUT2D eigenvalue weighted by molar-refractivity contribution is 7.10. The van der Waals surface area contributed by atoms with Crippen molar-refractivity contribution in [3.05, 3.63) is 86.8 Å². The molecular weight excluding hydrogens is 503 g/mol. The van der Waals surface area contributed by atoms with E-state index in [1.165, 1.54) is 34.0 Å².